The maximum Gasteiger partial charge on any atom is 0.328 e. The Morgan fingerprint density at radius 1 is 1.44 bits per heavy atom. The smallest absolute Gasteiger partial charge is 0.328 e. The number of carboxylic acid groups (broad SMARTS) is 1. The summed E-state index contributed by atoms with van der Waals surface area (Å²) in [5.41, 5.74) is 1.05. The van der Waals surface area contributed by atoms with Crippen molar-refractivity contribution in [2.24, 2.45) is 0 Å². The van der Waals surface area contributed by atoms with Crippen molar-refractivity contribution in [2.75, 3.05) is 5.32 Å². The minimum absolute atomic E-state index is 0.330. The zero-order valence-corrected chi connectivity index (χ0v) is 9.15. The van der Waals surface area contributed by atoms with E-state index >= 15 is 0 Å². The summed E-state index contributed by atoms with van der Waals surface area (Å²) in [6, 6.07) is 3.13. The van der Waals surface area contributed by atoms with Crippen LogP contribution >= 0.6 is 11.6 Å². The lowest BCUT2D eigenvalue weighted by Crippen LogP contribution is -2.10. The van der Waals surface area contributed by atoms with Crippen molar-refractivity contribution in [3.8, 4) is 0 Å². The van der Waals surface area contributed by atoms with Crippen LogP contribution < -0.4 is 5.32 Å². The van der Waals surface area contributed by atoms with Gasteiger partial charge in [-0.3, -0.25) is 4.79 Å². The first-order valence-corrected chi connectivity index (χ1v) is 4.72. The van der Waals surface area contributed by atoms with Gasteiger partial charge in [-0.05, 0) is 19.1 Å². The van der Waals surface area contributed by atoms with Crippen LogP contribution in [0, 0.1) is 6.92 Å². The van der Waals surface area contributed by atoms with Crippen LogP contribution in [0.25, 0.3) is 0 Å². The van der Waals surface area contributed by atoms with Gasteiger partial charge in [0.25, 0.3) is 0 Å². The molecule has 0 saturated heterocycles. The van der Waals surface area contributed by atoms with Crippen LogP contribution in [0.2, 0.25) is 5.15 Å². The number of carbonyl (C=O) groups excluding carboxylic acids is 1. The first-order valence-electron chi connectivity index (χ1n) is 4.34. The zero-order valence-electron chi connectivity index (χ0n) is 8.40. The van der Waals surface area contributed by atoms with Crippen molar-refractivity contribution in [2.45, 2.75) is 6.92 Å². The molecule has 1 amide bonds. The predicted molar refractivity (Wildman–Crippen MR) is 59.4 cm³/mol. The first-order chi connectivity index (χ1) is 7.49. The van der Waals surface area contributed by atoms with Gasteiger partial charge in [-0.1, -0.05) is 11.6 Å². The van der Waals surface area contributed by atoms with Crippen molar-refractivity contribution >= 4 is 29.2 Å². The lowest BCUT2D eigenvalue weighted by molar-refractivity contribution is -0.131. The Morgan fingerprint density at radius 2 is 2.12 bits per heavy atom. The number of hydrogen-bond acceptors (Lipinski definition) is 3. The van der Waals surface area contributed by atoms with E-state index in [0.29, 0.717) is 16.5 Å². The number of nitrogens with one attached hydrogen (secondary N) is 1. The Bertz CT molecular complexity index is 457. The molecule has 6 heteroatoms. The number of carbonyl (C=O) groups is 2. The van der Waals surface area contributed by atoms with Gasteiger partial charge < -0.3 is 10.4 Å². The fourth-order valence-electron chi connectivity index (χ4n) is 0.984. The molecule has 84 valence electrons. The quantitative estimate of drug-likeness (QED) is 0.622. The third-order valence-electron chi connectivity index (χ3n) is 1.69. The van der Waals surface area contributed by atoms with Crippen LogP contribution in [-0.4, -0.2) is 22.0 Å². The normalized spacial score (nSPS) is 10.4. The molecule has 0 radical (unpaired) electrons. The average Bonchev–Trinajstić information content (AvgIpc) is 2.19. The van der Waals surface area contributed by atoms with E-state index in [-0.39, 0.29) is 0 Å². The Kier molecular flexibility index (Phi) is 4.02. The lowest BCUT2D eigenvalue weighted by atomic mass is 10.3. The molecule has 1 aromatic heterocycles. The summed E-state index contributed by atoms with van der Waals surface area (Å²) < 4.78 is 0. The van der Waals surface area contributed by atoms with Crippen LogP contribution in [0.1, 0.15) is 5.69 Å². The molecule has 0 saturated carbocycles. The highest BCUT2D eigenvalue weighted by Gasteiger charge is 2.03. The van der Waals surface area contributed by atoms with Crippen LogP contribution in [0.15, 0.2) is 24.3 Å². The van der Waals surface area contributed by atoms with Gasteiger partial charge in [0.2, 0.25) is 5.91 Å². The van der Waals surface area contributed by atoms with E-state index in [2.05, 4.69) is 10.3 Å². The molecule has 0 unspecified atom stereocenters. The summed E-state index contributed by atoms with van der Waals surface area (Å²) in [5.74, 6) is -1.71. The van der Waals surface area contributed by atoms with Gasteiger partial charge >= 0.3 is 5.97 Å². The third kappa shape index (κ3) is 3.70. The van der Waals surface area contributed by atoms with Crippen molar-refractivity contribution in [1.29, 1.82) is 0 Å². The largest absolute Gasteiger partial charge is 0.478 e. The van der Waals surface area contributed by atoms with E-state index in [1.807, 2.05) is 0 Å². The SMILES string of the molecule is Cc1nc(Cl)ccc1NC(=O)/C=C/C(=O)O. The highest BCUT2D eigenvalue weighted by atomic mass is 35.5. The molecule has 1 heterocycles. The summed E-state index contributed by atoms with van der Waals surface area (Å²) in [5, 5.41) is 11.1. The van der Waals surface area contributed by atoms with E-state index in [9.17, 15) is 9.59 Å². The number of amides is 1. The number of pyridine rings is 1. The van der Waals surface area contributed by atoms with Crippen molar-refractivity contribution in [1.82, 2.24) is 4.98 Å². The fourth-order valence-corrected chi connectivity index (χ4v) is 1.17. The highest BCUT2D eigenvalue weighted by Crippen LogP contribution is 2.15. The Balaban J connectivity index is 2.73. The summed E-state index contributed by atoms with van der Waals surface area (Å²) in [6.07, 6.45) is 1.68. The van der Waals surface area contributed by atoms with E-state index in [0.717, 1.165) is 12.2 Å². The second kappa shape index (κ2) is 5.27. The second-order valence-corrected chi connectivity index (χ2v) is 3.32. The van der Waals surface area contributed by atoms with E-state index in [4.69, 9.17) is 16.7 Å². The van der Waals surface area contributed by atoms with Gasteiger partial charge in [0.1, 0.15) is 5.15 Å². The van der Waals surface area contributed by atoms with E-state index < -0.39 is 11.9 Å². The standard InChI is InChI=1S/C10H9ClN2O3/c1-6-7(2-3-8(11)12-6)13-9(14)4-5-10(15)16/h2-5H,1H3,(H,13,14)(H,15,16)/b5-4+. The van der Waals surface area contributed by atoms with Crippen LogP contribution in [0.3, 0.4) is 0 Å². The molecule has 5 nitrogen and oxygen atoms in total. The molecular formula is C10H9ClN2O3. The van der Waals surface area contributed by atoms with Crippen molar-refractivity contribution in [3.63, 3.8) is 0 Å². The number of anilines is 1. The number of aryl methyl sites for hydroxylation is 1. The molecule has 0 spiro atoms. The third-order valence-corrected chi connectivity index (χ3v) is 1.90. The molecule has 0 bridgehead atoms. The monoisotopic (exact) mass is 240 g/mol. The maximum atomic E-state index is 11.2. The molecular weight excluding hydrogens is 232 g/mol. The number of aromatic nitrogens is 1. The Morgan fingerprint density at radius 3 is 2.69 bits per heavy atom. The first kappa shape index (κ1) is 12.2. The fraction of sp³-hybridized carbons (Fsp3) is 0.100. The van der Waals surface area contributed by atoms with Crippen LogP contribution in [0.4, 0.5) is 5.69 Å². The predicted octanol–water partition coefficient (Wildman–Crippen LogP) is 1.62. The van der Waals surface area contributed by atoms with Crippen molar-refractivity contribution < 1.29 is 14.7 Å². The number of nitrogens with zero attached hydrogens (tertiary/aromatic N) is 1. The van der Waals surface area contributed by atoms with Gasteiger partial charge in [0, 0.05) is 12.2 Å². The summed E-state index contributed by atoms with van der Waals surface area (Å²) >= 11 is 5.64. The number of rotatable bonds is 3. The Labute approximate surface area is 96.8 Å². The molecule has 0 atom stereocenters. The van der Waals surface area contributed by atoms with Crippen LogP contribution in [-0.2, 0) is 9.59 Å². The zero-order chi connectivity index (χ0) is 12.1. The molecule has 0 fully saturated rings. The molecule has 1 aromatic rings. The number of carboxylic acids is 1. The van der Waals surface area contributed by atoms with Gasteiger partial charge in [-0.25, -0.2) is 9.78 Å². The summed E-state index contributed by atoms with van der Waals surface area (Å²) in [4.78, 5) is 25.3. The molecule has 0 aliphatic carbocycles. The lowest BCUT2D eigenvalue weighted by Gasteiger charge is -2.05. The maximum absolute atomic E-state index is 11.2. The minimum Gasteiger partial charge on any atom is -0.478 e. The summed E-state index contributed by atoms with van der Waals surface area (Å²) in [7, 11) is 0. The minimum atomic E-state index is -1.18. The molecule has 0 aliphatic rings. The topological polar surface area (TPSA) is 79.3 Å². The molecule has 0 aromatic carbocycles. The number of aliphatic carboxylic acids is 1. The number of halogens is 1. The average molecular weight is 241 g/mol. The molecule has 1 rings (SSSR count). The van der Waals surface area contributed by atoms with Gasteiger partial charge in [-0.2, -0.15) is 0 Å². The van der Waals surface area contributed by atoms with Crippen LogP contribution in [0.5, 0.6) is 0 Å². The van der Waals surface area contributed by atoms with Gasteiger partial charge in [0.15, 0.2) is 0 Å². The molecule has 2 N–H and O–H groups in total. The Hall–Kier alpha value is -1.88. The molecule has 0 aliphatic heterocycles. The van der Waals surface area contributed by atoms with Gasteiger partial charge in [-0.15, -0.1) is 0 Å². The van der Waals surface area contributed by atoms with Crippen molar-refractivity contribution in [3.05, 3.63) is 35.1 Å². The van der Waals surface area contributed by atoms with E-state index in [1.54, 1.807) is 13.0 Å². The van der Waals surface area contributed by atoms with E-state index in [1.165, 1.54) is 6.07 Å². The number of hydrogen-bond donors (Lipinski definition) is 2. The highest BCUT2D eigenvalue weighted by molar-refractivity contribution is 6.29. The summed E-state index contributed by atoms with van der Waals surface area (Å²) in [6.45, 7) is 1.68. The second-order valence-electron chi connectivity index (χ2n) is 2.93. The van der Waals surface area contributed by atoms with Gasteiger partial charge in [0.05, 0.1) is 11.4 Å². The molecule has 16 heavy (non-hydrogen) atoms.